The molecule has 0 spiro atoms. The highest BCUT2D eigenvalue weighted by atomic mass is 16.5. The Kier molecular flexibility index (Phi) is 4.54. The molecule has 0 bridgehead atoms. The molecule has 2 fully saturated rings. The van der Waals surface area contributed by atoms with Crippen molar-refractivity contribution in [1.82, 2.24) is 30.1 Å². The summed E-state index contributed by atoms with van der Waals surface area (Å²) in [5.41, 5.74) is 11.7. The number of benzene rings is 1. The largest absolute Gasteiger partial charge is 0.496 e. The van der Waals surface area contributed by atoms with Crippen molar-refractivity contribution >= 4 is 34.5 Å². The van der Waals surface area contributed by atoms with Crippen molar-refractivity contribution in [3.8, 4) is 5.75 Å². The van der Waals surface area contributed by atoms with Crippen LogP contribution >= 0.6 is 0 Å². The second kappa shape index (κ2) is 7.27. The van der Waals surface area contributed by atoms with Crippen molar-refractivity contribution in [3.63, 3.8) is 0 Å². The number of hydrogen-bond donors (Lipinski definition) is 2. The highest BCUT2D eigenvalue weighted by Crippen LogP contribution is 2.29. The molecule has 0 unspecified atom stereocenters. The molecule has 3 aromatic rings. The van der Waals surface area contributed by atoms with Crippen molar-refractivity contribution in [2.45, 2.75) is 13.0 Å². The van der Waals surface area contributed by atoms with E-state index in [0.29, 0.717) is 31.8 Å². The number of carbonyl (C=O) groups is 1. The van der Waals surface area contributed by atoms with Gasteiger partial charge in [-0.3, -0.25) is 4.68 Å². The fourth-order valence-electron chi connectivity index (χ4n) is 4.34. The molecule has 0 aliphatic carbocycles. The summed E-state index contributed by atoms with van der Waals surface area (Å²) in [5, 5.41) is 6.76. The molecule has 11 heteroatoms. The third kappa shape index (κ3) is 3.17. The van der Waals surface area contributed by atoms with Gasteiger partial charge < -0.3 is 20.3 Å². The third-order valence-electron chi connectivity index (χ3n) is 5.93. The van der Waals surface area contributed by atoms with E-state index in [1.807, 2.05) is 37.1 Å². The Morgan fingerprint density at radius 1 is 1.26 bits per heavy atom. The Morgan fingerprint density at radius 3 is 2.87 bits per heavy atom. The van der Waals surface area contributed by atoms with Crippen LogP contribution in [0.3, 0.4) is 0 Å². The Bertz CT molecular complexity index is 1160. The number of methoxy groups -OCH3 is 1. The van der Waals surface area contributed by atoms with Crippen molar-refractivity contribution in [2.24, 2.45) is 7.05 Å². The number of aromatic nitrogens is 4. The number of anilines is 3. The number of piperazine rings is 1. The molecule has 3 N–H and O–H groups in total. The molecule has 0 saturated carbocycles. The standard InChI is InChI=1S/C20H25N9O2/c1-12-8-13(4-5-16(12)31-3)29-20(30)28-7-6-27(11-14(28)9-23-29)18-15-10-22-26(2)17(15)24-19(21)25-18/h4-5,8,10,14,23H,6-7,9,11H2,1-3H3,(H2,21,24,25)/t14-/m1/s1. The number of hydrogen-bond acceptors (Lipinski definition) is 8. The molecule has 11 nitrogen and oxygen atoms in total. The van der Waals surface area contributed by atoms with Gasteiger partial charge in [0.2, 0.25) is 5.95 Å². The van der Waals surface area contributed by atoms with Gasteiger partial charge in [0.1, 0.15) is 11.6 Å². The number of hydrazine groups is 1. The number of carbonyl (C=O) groups excluding carboxylic acids is 1. The lowest BCUT2D eigenvalue weighted by molar-refractivity contribution is 0.151. The van der Waals surface area contributed by atoms with E-state index < -0.39 is 0 Å². The van der Waals surface area contributed by atoms with Crippen LogP contribution in [-0.2, 0) is 7.05 Å². The van der Waals surface area contributed by atoms with Gasteiger partial charge in [0.15, 0.2) is 5.65 Å². The number of nitrogens with zero attached hydrogens (tertiary/aromatic N) is 7. The van der Waals surface area contributed by atoms with E-state index in [0.717, 1.165) is 28.2 Å². The number of nitrogens with one attached hydrogen (secondary N) is 1. The van der Waals surface area contributed by atoms with Gasteiger partial charge in [0.25, 0.3) is 0 Å². The van der Waals surface area contributed by atoms with Crippen LogP contribution in [0, 0.1) is 6.92 Å². The minimum Gasteiger partial charge on any atom is -0.496 e. The highest BCUT2D eigenvalue weighted by Gasteiger charge is 2.38. The van der Waals surface area contributed by atoms with Crippen LogP contribution in [0.25, 0.3) is 11.0 Å². The monoisotopic (exact) mass is 423 g/mol. The molecule has 2 saturated heterocycles. The summed E-state index contributed by atoms with van der Waals surface area (Å²) < 4.78 is 7.02. The predicted octanol–water partition coefficient (Wildman–Crippen LogP) is 0.898. The number of urea groups is 1. The molecule has 5 rings (SSSR count). The summed E-state index contributed by atoms with van der Waals surface area (Å²) >= 11 is 0. The second-order valence-electron chi connectivity index (χ2n) is 7.84. The fourth-order valence-corrected chi connectivity index (χ4v) is 4.34. The van der Waals surface area contributed by atoms with Gasteiger partial charge in [-0.15, -0.1) is 0 Å². The third-order valence-corrected chi connectivity index (χ3v) is 5.93. The average molecular weight is 423 g/mol. The summed E-state index contributed by atoms with van der Waals surface area (Å²) in [7, 11) is 3.47. The van der Waals surface area contributed by atoms with E-state index in [2.05, 4.69) is 25.4 Å². The summed E-state index contributed by atoms with van der Waals surface area (Å²) in [5.74, 6) is 1.77. The van der Waals surface area contributed by atoms with Gasteiger partial charge in [0, 0.05) is 33.2 Å². The Morgan fingerprint density at radius 2 is 2.10 bits per heavy atom. The Hall–Kier alpha value is -3.60. The van der Waals surface area contributed by atoms with Crippen LogP contribution in [0.1, 0.15) is 5.56 Å². The first-order chi connectivity index (χ1) is 15.0. The number of ether oxygens (including phenoxy) is 1. The van der Waals surface area contributed by atoms with E-state index in [4.69, 9.17) is 10.5 Å². The zero-order valence-electron chi connectivity index (χ0n) is 17.7. The first-order valence-corrected chi connectivity index (χ1v) is 10.2. The molecule has 2 aromatic heterocycles. The van der Waals surface area contributed by atoms with Crippen LogP contribution in [0.15, 0.2) is 24.4 Å². The maximum atomic E-state index is 13.2. The number of nitrogens with two attached hydrogens (primary N) is 1. The number of nitrogen functional groups attached to an aromatic ring is 1. The minimum atomic E-state index is -0.0609. The molecular weight excluding hydrogens is 398 g/mol. The van der Waals surface area contributed by atoms with Crippen molar-refractivity contribution in [3.05, 3.63) is 30.0 Å². The second-order valence-corrected chi connectivity index (χ2v) is 7.84. The smallest absolute Gasteiger partial charge is 0.339 e. The van der Waals surface area contributed by atoms with E-state index in [1.54, 1.807) is 23.0 Å². The average Bonchev–Trinajstić information content (AvgIpc) is 3.13. The van der Waals surface area contributed by atoms with Crippen LogP contribution in [0.2, 0.25) is 0 Å². The van der Waals surface area contributed by atoms with Crippen LogP contribution in [-0.4, -0.2) is 70.0 Å². The van der Waals surface area contributed by atoms with Crippen LogP contribution in [0.5, 0.6) is 5.75 Å². The Balaban J connectivity index is 1.37. The highest BCUT2D eigenvalue weighted by molar-refractivity contribution is 5.93. The maximum Gasteiger partial charge on any atom is 0.339 e. The number of aryl methyl sites for hydroxylation is 2. The lowest BCUT2D eigenvalue weighted by atomic mass is 10.1. The van der Waals surface area contributed by atoms with Gasteiger partial charge in [-0.05, 0) is 30.7 Å². The molecule has 2 aliphatic heterocycles. The lowest BCUT2D eigenvalue weighted by Gasteiger charge is -2.47. The molecule has 2 aliphatic rings. The molecular formula is C20H25N9O2. The van der Waals surface area contributed by atoms with Gasteiger partial charge in [0.05, 0.1) is 30.4 Å². The van der Waals surface area contributed by atoms with Crippen molar-refractivity contribution in [2.75, 3.05) is 48.9 Å². The van der Waals surface area contributed by atoms with Gasteiger partial charge in [-0.25, -0.2) is 15.2 Å². The van der Waals surface area contributed by atoms with Gasteiger partial charge >= 0.3 is 6.03 Å². The first-order valence-electron chi connectivity index (χ1n) is 10.2. The van der Waals surface area contributed by atoms with Gasteiger partial charge in [-0.2, -0.15) is 15.1 Å². The van der Waals surface area contributed by atoms with E-state index in [-0.39, 0.29) is 18.0 Å². The molecule has 1 atom stereocenters. The van der Waals surface area contributed by atoms with E-state index in [1.165, 1.54) is 0 Å². The summed E-state index contributed by atoms with van der Waals surface area (Å²) in [6.07, 6.45) is 1.76. The zero-order valence-corrected chi connectivity index (χ0v) is 17.7. The molecule has 1 aromatic carbocycles. The molecule has 2 amide bonds. The normalized spacial score (nSPS) is 19.1. The molecule has 31 heavy (non-hydrogen) atoms. The van der Waals surface area contributed by atoms with Gasteiger partial charge in [-0.1, -0.05) is 0 Å². The quantitative estimate of drug-likeness (QED) is 0.638. The van der Waals surface area contributed by atoms with Crippen molar-refractivity contribution in [1.29, 1.82) is 0 Å². The first kappa shape index (κ1) is 19.4. The Labute approximate surface area is 179 Å². The lowest BCUT2D eigenvalue weighted by Crippen LogP contribution is -2.68. The maximum absolute atomic E-state index is 13.2. The number of amides is 2. The molecule has 0 radical (unpaired) electrons. The minimum absolute atomic E-state index is 0.0137. The zero-order chi connectivity index (χ0) is 21.7. The van der Waals surface area contributed by atoms with Crippen LogP contribution in [0.4, 0.5) is 22.2 Å². The summed E-state index contributed by atoms with van der Waals surface area (Å²) in [6.45, 7) is 4.48. The predicted molar refractivity (Wildman–Crippen MR) is 117 cm³/mol. The number of fused-ring (bicyclic) bond motifs is 2. The fraction of sp³-hybridized carbons (Fsp3) is 0.400. The SMILES string of the molecule is COc1ccc(N2NC[C@@H]3CN(c4nc(N)nc5c4cnn5C)CCN3C2=O)cc1C. The molecule has 162 valence electrons. The summed E-state index contributed by atoms with van der Waals surface area (Å²) in [4.78, 5) is 26.1. The summed E-state index contributed by atoms with van der Waals surface area (Å²) in [6, 6.07) is 5.66. The molecule has 4 heterocycles. The van der Waals surface area contributed by atoms with Crippen LogP contribution < -0.4 is 25.8 Å². The van der Waals surface area contributed by atoms with E-state index >= 15 is 0 Å². The van der Waals surface area contributed by atoms with Crippen molar-refractivity contribution < 1.29 is 9.53 Å². The number of rotatable bonds is 3. The topological polar surface area (TPSA) is 118 Å². The van der Waals surface area contributed by atoms with E-state index in [9.17, 15) is 4.79 Å².